The van der Waals surface area contributed by atoms with Gasteiger partial charge in [0.25, 0.3) is 0 Å². The molecule has 1 rings (SSSR count). The lowest BCUT2D eigenvalue weighted by molar-refractivity contribution is 0.566. The van der Waals surface area contributed by atoms with E-state index in [0.29, 0.717) is 0 Å². The first-order chi connectivity index (χ1) is 14.9. The number of benzene rings is 1. The van der Waals surface area contributed by atoms with Crippen molar-refractivity contribution in [2.24, 2.45) is 11.5 Å². The third kappa shape index (κ3) is 16.7. The van der Waals surface area contributed by atoms with Crippen molar-refractivity contribution in [3.05, 3.63) is 35.4 Å². The molecule has 0 aliphatic heterocycles. The van der Waals surface area contributed by atoms with E-state index >= 15 is 0 Å². The fourth-order valence-electron chi connectivity index (χ4n) is 3.28. The standard InChI is InChI=1S/C24H48N6/c25-13-1-3-15-27-17-5-7-19-29-21-23-9-11-24(12-10-23)22-30-20-8-6-18-28-16-4-2-14-26/h9-12,27-30H,1-8,13-22,25-26H2. The zero-order valence-electron chi connectivity index (χ0n) is 19.2. The van der Waals surface area contributed by atoms with E-state index in [2.05, 4.69) is 45.5 Å². The number of nitrogens with one attached hydrogen (secondary N) is 4. The quantitative estimate of drug-likeness (QED) is 0.161. The summed E-state index contributed by atoms with van der Waals surface area (Å²) in [4.78, 5) is 0. The Bertz CT molecular complexity index is 422. The van der Waals surface area contributed by atoms with E-state index in [9.17, 15) is 0 Å². The van der Waals surface area contributed by atoms with Crippen molar-refractivity contribution >= 4 is 0 Å². The van der Waals surface area contributed by atoms with E-state index in [4.69, 9.17) is 11.5 Å². The zero-order valence-corrected chi connectivity index (χ0v) is 19.2. The molecule has 0 amide bonds. The van der Waals surface area contributed by atoms with Crippen molar-refractivity contribution in [3.63, 3.8) is 0 Å². The van der Waals surface area contributed by atoms with Gasteiger partial charge in [-0.15, -0.1) is 0 Å². The smallest absolute Gasteiger partial charge is 0.0205 e. The van der Waals surface area contributed by atoms with E-state index in [0.717, 1.165) is 78.3 Å². The van der Waals surface area contributed by atoms with Crippen LogP contribution in [0.4, 0.5) is 0 Å². The maximum absolute atomic E-state index is 5.49. The van der Waals surface area contributed by atoms with Crippen molar-refractivity contribution < 1.29 is 0 Å². The largest absolute Gasteiger partial charge is 0.330 e. The van der Waals surface area contributed by atoms with Crippen LogP contribution in [0.3, 0.4) is 0 Å². The Hall–Kier alpha value is -1.02. The number of unbranched alkanes of at least 4 members (excludes halogenated alkanes) is 4. The minimum atomic E-state index is 0.803. The van der Waals surface area contributed by atoms with Gasteiger partial charge < -0.3 is 32.7 Å². The molecule has 0 bridgehead atoms. The molecular weight excluding hydrogens is 372 g/mol. The molecule has 0 saturated heterocycles. The van der Waals surface area contributed by atoms with Crippen LogP contribution < -0.4 is 32.7 Å². The molecule has 0 heterocycles. The predicted octanol–water partition coefficient (Wildman–Crippen LogP) is 2.08. The molecule has 0 fully saturated rings. The third-order valence-corrected chi connectivity index (χ3v) is 5.21. The molecule has 0 unspecified atom stereocenters. The van der Waals surface area contributed by atoms with E-state index in [1.54, 1.807) is 0 Å². The summed E-state index contributed by atoms with van der Waals surface area (Å²) < 4.78 is 0. The molecule has 0 atom stereocenters. The van der Waals surface area contributed by atoms with Gasteiger partial charge >= 0.3 is 0 Å². The summed E-state index contributed by atoms with van der Waals surface area (Å²) in [5, 5.41) is 14.1. The predicted molar refractivity (Wildman–Crippen MR) is 131 cm³/mol. The van der Waals surface area contributed by atoms with Crippen LogP contribution in [-0.2, 0) is 13.1 Å². The Morgan fingerprint density at radius 1 is 0.433 bits per heavy atom. The van der Waals surface area contributed by atoms with E-state index in [1.807, 2.05) is 0 Å². The van der Waals surface area contributed by atoms with Gasteiger partial charge in [0.1, 0.15) is 0 Å². The van der Waals surface area contributed by atoms with Crippen molar-refractivity contribution in [1.82, 2.24) is 21.3 Å². The van der Waals surface area contributed by atoms with Gasteiger partial charge in [-0.1, -0.05) is 24.3 Å². The van der Waals surface area contributed by atoms with Gasteiger partial charge in [0.05, 0.1) is 0 Å². The Morgan fingerprint density at radius 3 is 1.07 bits per heavy atom. The monoisotopic (exact) mass is 420 g/mol. The summed E-state index contributed by atoms with van der Waals surface area (Å²) in [5.74, 6) is 0. The lowest BCUT2D eigenvalue weighted by atomic mass is 10.1. The van der Waals surface area contributed by atoms with Crippen LogP contribution in [-0.4, -0.2) is 52.4 Å². The lowest BCUT2D eigenvalue weighted by Crippen LogP contribution is -2.20. The maximum atomic E-state index is 5.49. The Balaban J connectivity index is 1.92. The Kier molecular flexibility index (Phi) is 19.1. The molecule has 0 aliphatic rings. The molecule has 6 heteroatoms. The highest BCUT2D eigenvalue weighted by Gasteiger charge is 1.97. The SMILES string of the molecule is NCCCCNCCCCNCc1ccc(CNCCCCNCCCCN)cc1. The van der Waals surface area contributed by atoms with Gasteiger partial charge in [-0.05, 0) is 115 Å². The van der Waals surface area contributed by atoms with Crippen molar-refractivity contribution in [2.45, 2.75) is 64.5 Å². The molecule has 6 nitrogen and oxygen atoms in total. The summed E-state index contributed by atoms with van der Waals surface area (Å²) in [7, 11) is 0. The van der Waals surface area contributed by atoms with Crippen LogP contribution in [0.15, 0.2) is 24.3 Å². The highest BCUT2D eigenvalue weighted by Crippen LogP contribution is 2.04. The van der Waals surface area contributed by atoms with Crippen LogP contribution >= 0.6 is 0 Å². The zero-order chi connectivity index (χ0) is 21.5. The van der Waals surface area contributed by atoms with Crippen molar-refractivity contribution in [2.75, 3.05) is 52.4 Å². The third-order valence-electron chi connectivity index (χ3n) is 5.21. The number of hydrogen-bond donors (Lipinski definition) is 6. The second-order valence-corrected chi connectivity index (χ2v) is 8.08. The van der Waals surface area contributed by atoms with Gasteiger partial charge in [0, 0.05) is 13.1 Å². The summed E-state index contributed by atoms with van der Waals surface area (Å²) in [6.07, 6.45) is 9.51. The van der Waals surface area contributed by atoms with Gasteiger partial charge in [0.2, 0.25) is 0 Å². The first-order valence-corrected chi connectivity index (χ1v) is 12.2. The second-order valence-electron chi connectivity index (χ2n) is 8.08. The molecular formula is C24H48N6. The number of rotatable bonds is 22. The fraction of sp³-hybridized carbons (Fsp3) is 0.750. The van der Waals surface area contributed by atoms with E-state index < -0.39 is 0 Å². The van der Waals surface area contributed by atoms with Crippen LogP contribution in [0.2, 0.25) is 0 Å². The van der Waals surface area contributed by atoms with Crippen LogP contribution in [0, 0.1) is 0 Å². The molecule has 0 spiro atoms. The highest BCUT2D eigenvalue weighted by atomic mass is 14.9. The topological polar surface area (TPSA) is 100 Å². The summed E-state index contributed by atoms with van der Waals surface area (Å²) in [6, 6.07) is 8.98. The molecule has 8 N–H and O–H groups in total. The van der Waals surface area contributed by atoms with Gasteiger partial charge in [-0.25, -0.2) is 0 Å². The van der Waals surface area contributed by atoms with E-state index in [1.165, 1.54) is 49.7 Å². The normalized spacial score (nSPS) is 11.3. The van der Waals surface area contributed by atoms with Crippen LogP contribution in [0.25, 0.3) is 0 Å². The molecule has 0 aromatic heterocycles. The molecule has 174 valence electrons. The van der Waals surface area contributed by atoms with E-state index in [-0.39, 0.29) is 0 Å². The Labute approximate surface area is 185 Å². The summed E-state index contributed by atoms with van der Waals surface area (Å²) in [5.41, 5.74) is 13.7. The first kappa shape index (κ1) is 27.0. The summed E-state index contributed by atoms with van der Waals surface area (Å²) >= 11 is 0. The molecule has 0 saturated carbocycles. The highest BCUT2D eigenvalue weighted by molar-refractivity contribution is 5.22. The lowest BCUT2D eigenvalue weighted by Gasteiger charge is -2.08. The minimum Gasteiger partial charge on any atom is -0.330 e. The second kappa shape index (κ2) is 21.2. The van der Waals surface area contributed by atoms with Crippen molar-refractivity contribution in [3.8, 4) is 0 Å². The van der Waals surface area contributed by atoms with Gasteiger partial charge in [-0.2, -0.15) is 0 Å². The van der Waals surface area contributed by atoms with Crippen LogP contribution in [0.1, 0.15) is 62.5 Å². The summed E-state index contributed by atoms with van der Waals surface area (Å²) in [6.45, 7) is 10.1. The van der Waals surface area contributed by atoms with Crippen molar-refractivity contribution in [1.29, 1.82) is 0 Å². The molecule has 0 aliphatic carbocycles. The average Bonchev–Trinajstić information content (AvgIpc) is 2.77. The Morgan fingerprint density at radius 2 is 0.733 bits per heavy atom. The molecule has 1 aromatic rings. The molecule has 1 aromatic carbocycles. The number of nitrogens with two attached hydrogens (primary N) is 2. The number of hydrogen-bond acceptors (Lipinski definition) is 6. The maximum Gasteiger partial charge on any atom is 0.0205 e. The van der Waals surface area contributed by atoms with Gasteiger partial charge in [0.15, 0.2) is 0 Å². The molecule has 0 radical (unpaired) electrons. The fourth-order valence-corrected chi connectivity index (χ4v) is 3.28. The average molecular weight is 421 g/mol. The molecule has 30 heavy (non-hydrogen) atoms. The first-order valence-electron chi connectivity index (χ1n) is 12.2. The minimum absolute atomic E-state index is 0.803. The van der Waals surface area contributed by atoms with Crippen LogP contribution in [0.5, 0.6) is 0 Å². The van der Waals surface area contributed by atoms with Gasteiger partial charge in [-0.3, -0.25) is 0 Å².